The largest absolute Gasteiger partial charge is 0.481 e. The van der Waals surface area contributed by atoms with Gasteiger partial charge >= 0.3 is 12.0 Å². The number of urea groups is 1. The van der Waals surface area contributed by atoms with Gasteiger partial charge in [0.2, 0.25) is 0 Å². The van der Waals surface area contributed by atoms with E-state index in [0.29, 0.717) is 23.8 Å². The maximum Gasteiger partial charge on any atom is 0.315 e. The number of rotatable bonds is 8. The van der Waals surface area contributed by atoms with Crippen molar-refractivity contribution in [2.24, 2.45) is 5.92 Å². The van der Waals surface area contributed by atoms with Crippen molar-refractivity contribution in [3.8, 4) is 0 Å². The molecule has 0 spiro atoms. The first-order valence-corrected chi connectivity index (χ1v) is 7.64. The molecule has 0 aliphatic heterocycles. The summed E-state index contributed by atoms with van der Waals surface area (Å²) in [7, 11) is 0. The lowest BCUT2D eigenvalue weighted by atomic mass is 10.0. The van der Waals surface area contributed by atoms with Crippen LogP contribution in [0.1, 0.15) is 31.1 Å². The molecule has 0 radical (unpaired) electrons. The quantitative estimate of drug-likeness (QED) is 0.689. The monoisotopic (exact) mass is 318 g/mol. The molecule has 1 atom stereocenters. The summed E-state index contributed by atoms with van der Waals surface area (Å²) in [5, 5.41) is 14.1. The van der Waals surface area contributed by atoms with Crippen LogP contribution in [0.25, 0.3) is 0 Å². The van der Waals surface area contributed by atoms with Crippen molar-refractivity contribution >= 4 is 34.9 Å². The van der Waals surface area contributed by atoms with Gasteiger partial charge < -0.3 is 15.7 Å². The number of amides is 2. The Balaban J connectivity index is 2.09. The minimum absolute atomic E-state index is 0.173. The molecule has 20 heavy (non-hydrogen) atoms. The first-order chi connectivity index (χ1) is 9.47. The van der Waals surface area contributed by atoms with E-state index in [1.165, 1.54) is 11.3 Å². The smallest absolute Gasteiger partial charge is 0.315 e. The topological polar surface area (TPSA) is 78.4 Å². The van der Waals surface area contributed by atoms with Gasteiger partial charge in [0, 0.05) is 17.8 Å². The highest BCUT2D eigenvalue weighted by molar-refractivity contribution is 7.16. The molecular weight excluding hydrogens is 300 g/mol. The van der Waals surface area contributed by atoms with E-state index in [-0.39, 0.29) is 18.4 Å². The third-order valence-corrected chi connectivity index (χ3v) is 4.06. The Bertz CT molecular complexity index is 451. The highest BCUT2D eigenvalue weighted by Crippen LogP contribution is 2.20. The predicted octanol–water partition coefficient (Wildman–Crippen LogP) is 3.09. The van der Waals surface area contributed by atoms with Gasteiger partial charge in [0.15, 0.2) is 0 Å². The van der Waals surface area contributed by atoms with Crippen molar-refractivity contribution in [2.45, 2.75) is 32.7 Å². The summed E-state index contributed by atoms with van der Waals surface area (Å²) in [6.07, 6.45) is 1.57. The van der Waals surface area contributed by atoms with Gasteiger partial charge in [-0.3, -0.25) is 4.79 Å². The second-order valence-electron chi connectivity index (χ2n) is 4.64. The first-order valence-electron chi connectivity index (χ1n) is 6.45. The number of hydrogen-bond acceptors (Lipinski definition) is 3. The van der Waals surface area contributed by atoms with E-state index in [1.807, 2.05) is 13.0 Å². The van der Waals surface area contributed by atoms with Gasteiger partial charge in [0.1, 0.15) is 0 Å². The Morgan fingerprint density at radius 2 is 2.10 bits per heavy atom. The molecule has 1 rings (SSSR count). The summed E-state index contributed by atoms with van der Waals surface area (Å²) in [4.78, 5) is 22.9. The number of halogens is 1. The van der Waals surface area contributed by atoms with Gasteiger partial charge in [0.25, 0.3) is 0 Å². The average Bonchev–Trinajstić information content (AvgIpc) is 2.80. The van der Waals surface area contributed by atoms with E-state index in [0.717, 1.165) is 11.3 Å². The van der Waals surface area contributed by atoms with Crippen LogP contribution < -0.4 is 10.6 Å². The van der Waals surface area contributed by atoms with Crippen LogP contribution in [0.5, 0.6) is 0 Å². The minimum atomic E-state index is -0.780. The number of carboxylic acids is 1. The molecule has 0 aliphatic carbocycles. The first kappa shape index (κ1) is 16.8. The van der Waals surface area contributed by atoms with Gasteiger partial charge in [-0.05, 0) is 30.9 Å². The van der Waals surface area contributed by atoms with Crippen LogP contribution in [-0.2, 0) is 11.3 Å². The summed E-state index contributed by atoms with van der Waals surface area (Å²) in [5.41, 5.74) is 0. The summed E-state index contributed by atoms with van der Waals surface area (Å²) in [6.45, 7) is 2.98. The molecule has 0 bridgehead atoms. The highest BCUT2D eigenvalue weighted by Gasteiger charge is 2.07. The van der Waals surface area contributed by atoms with Gasteiger partial charge in [-0.2, -0.15) is 0 Å². The van der Waals surface area contributed by atoms with Crippen molar-refractivity contribution < 1.29 is 14.7 Å². The van der Waals surface area contributed by atoms with Gasteiger partial charge in [-0.15, -0.1) is 11.3 Å². The summed E-state index contributed by atoms with van der Waals surface area (Å²) in [6, 6.07) is 3.45. The van der Waals surface area contributed by atoms with E-state index < -0.39 is 5.97 Å². The predicted molar refractivity (Wildman–Crippen MR) is 80.2 cm³/mol. The van der Waals surface area contributed by atoms with Crippen molar-refractivity contribution in [1.82, 2.24) is 10.6 Å². The molecular formula is C13H19ClN2O3S. The minimum Gasteiger partial charge on any atom is -0.481 e. The Labute approximate surface area is 127 Å². The molecule has 0 aromatic carbocycles. The van der Waals surface area contributed by atoms with Crippen LogP contribution in [0, 0.1) is 5.92 Å². The number of thiophene rings is 1. The van der Waals surface area contributed by atoms with E-state index in [4.69, 9.17) is 16.7 Å². The number of carbonyl (C=O) groups excluding carboxylic acids is 1. The molecule has 5 nitrogen and oxygen atoms in total. The van der Waals surface area contributed by atoms with E-state index in [1.54, 1.807) is 6.07 Å². The molecule has 7 heteroatoms. The second kappa shape index (κ2) is 8.81. The fraction of sp³-hybridized carbons (Fsp3) is 0.538. The standard InChI is InChI=1S/C13H19ClN2O3S/c1-9(2-5-12(17)18)6-7-15-13(19)16-8-10-3-4-11(14)20-10/h3-4,9H,2,5-8H2,1H3,(H,17,18)(H2,15,16,19). The Morgan fingerprint density at radius 1 is 1.35 bits per heavy atom. The number of carboxylic acid groups (broad SMARTS) is 1. The third kappa shape index (κ3) is 7.35. The number of aliphatic carboxylic acids is 1. The second-order valence-corrected chi connectivity index (χ2v) is 6.44. The molecule has 1 aromatic rings. The van der Waals surface area contributed by atoms with E-state index in [9.17, 15) is 9.59 Å². The van der Waals surface area contributed by atoms with Gasteiger partial charge in [-0.1, -0.05) is 18.5 Å². The van der Waals surface area contributed by atoms with Crippen molar-refractivity contribution in [1.29, 1.82) is 0 Å². The zero-order valence-corrected chi connectivity index (χ0v) is 12.9. The zero-order valence-electron chi connectivity index (χ0n) is 11.3. The fourth-order valence-electron chi connectivity index (χ4n) is 1.62. The van der Waals surface area contributed by atoms with Crippen LogP contribution in [0.2, 0.25) is 4.34 Å². The molecule has 0 saturated heterocycles. The van der Waals surface area contributed by atoms with Crippen LogP contribution in [0.15, 0.2) is 12.1 Å². The normalized spacial score (nSPS) is 11.9. The molecule has 2 amide bonds. The molecule has 3 N–H and O–H groups in total. The molecule has 112 valence electrons. The van der Waals surface area contributed by atoms with Crippen LogP contribution in [0.3, 0.4) is 0 Å². The average molecular weight is 319 g/mol. The Morgan fingerprint density at radius 3 is 2.70 bits per heavy atom. The van der Waals surface area contributed by atoms with Gasteiger partial charge in [0.05, 0.1) is 10.9 Å². The fourth-order valence-corrected chi connectivity index (χ4v) is 2.65. The maximum absolute atomic E-state index is 11.5. The number of carbonyl (C=O) groups is 2. The molecule has 1 unspecified atom stereocenters. The molecule has 0 fully saturated rings. The van der Waals surface area contributed by atoms with Crippen molar-refractivity contribution in [3.05, 3.63) is 21.3 Å². The SMILES string of the molecule is CC(CCNC(=O)NCc1ccc(Cl)s1)CCC(=O)O. The lowest BCUT2D eigenvalue weighted by Crippen LogP contribution is -2.35. The van der Waals surface area contributed by atoms with E-state index in [2.05, 4.69) is 10.6 Å². The Hall–Kier alpha value is -1.27. The van der Waals surface area contributed by atoms with Crippen LogP contribution >= 0.6 is 22.9 Å². The van der Waals surface area contributed by atoms with Crippen LogP contribution in [0.4, 0.5) is 4.79 Å². The number of nitrogens with one attached hydrogen (secondary N) is 2. The van der Waals surface area contributed by atoms with Crippen molar-refractivity contribution in [2.75, 3.05) is 6.54 Å². The number of hydrogen-bond donors (Lipinski definition) is 3. The lowest BCUT2D eigenvalue weighted by molar-refractivity contribution is -0.137. The summed E-state index contributed by atoms with van der Waals surface area (Å²) >= 11 is 7.23. The van der Waals surface area contributed by atoms with E-state index >= 15 is 0 Å². The highest BCUT2D eigenvalue weighted by atomic mass is 35.5. The lowest BCUT2D eigenvalue weighted by Gasteiger charge is -2.11. The maximum atomic E-state index is 11.5. The summed E-state index contributed by atoms with van der Waals surface area (Å²) < 4.78 is 0.703. The third-order valence-electron chi connectivity index (χ3n) is 2.83. The van der Waals surface area contributed by atoms with Crippen LogP contribution in [-0.4, -0.2) is 23.7 Å². The van der Waals surface area contributed by atoms with Gasteiger partial charge in [-0.25, -0.2) is 4.79 Å². The molecule has 0 aliphatic rings. The molecule has 1 heterocycles. The zero-order chi connectivity index (χ0) is 15.0. The molecule has 0 saturated carbocycles. The summed E-state index contributed by atoms with van der Waals surface area (Å²) in [5.74, 6) is -0.500. The molecule has 1 aromatic heterocycles. The Kier molecular flexibility index (Phi) is 7.40. The van der Waals surface area contributed by atoms with Crippen molar-refractivity contribution in [3.63, 3.8) is 0 Å².